The molecule has 0 atom stereocenters. The van der Waals surface area contributed by atoms with Gasteiger partial charge in [-0.05, 0) is 40.8 Å². The van der Waals surface area contributed by atoms with E-state index in [1.807, 2.05) is 0 Å². The Hall–Kier alpha value is -0.840. The van der Waals surface area contributed by atoms with Crippen LogP contribution in [0.5, 0.6) is 0 Å². The van der Waals surface area contributed by atoms with Crippen molar-refractivity contribution in [1.29, 1.82) is 0 Å². The van der Waals surface area contributed by atoms with Gasteiger partial charge in [0, 0.05) is 16.3 Å². The van der Waals surface area contributed by atoms with Crippen LogP contribution in [0.2, 0.25) is 5.02 Å². The fraction of sp³-hybridized carbons (Fsp3) is 0.182. The lowest BCUT2D eigenvalue weighted by Crippen LogP contribution is -2.13. The normalized spacial score (nSPS) is 11.6. The summed E-state index contributed by atoms with van der Waals surface area (Å²) in [6.07, 6.45) is 2.70. The zero-order valence-corrected chi connectivity index (χ0v) is 14.0. The molecule has 2 aromatic rings. The summed E-state index contributed by atoms with van der Waals surface area (Å²) in [6.45, 7) is 0.845. The molecule has 0 aliphatic rings. The van der Waals surface area contributed by atoms with E-state index >= 15 is 0 Å². The van der Waals surface area contributed by atoms with Gasteiger partial charge >= 0.3 is 0 Å². The van der Waals surface area contributed by atoms with Gasteiger partial charge in [-0.15, -0.1) is 0 Å². The summed E-state index contributed by atoms with van der Waals surface area (Å²) in [5.74, 6) is 0. The first-order valence-electron chi connectivity index (χ1n) is 5.63. The van der Waals surface area contributed by atoms with Crippen molar-refractivity contribution < 1.29 is 8.42 Å². The minimum atomic E-state index is -3.71. The summed E-state index contributed by atoms with van der Waals surface area (Å²) in [5, 5.41) is 4.28. The van der Waals surface area contributed by atoms with Crippen molar-refractivity contribution in [3.05, 3.63) is 39.2 Å². The average Bonchev–Trinajstić information content (AvgIpc) is 2.83. The van der Waals surface area contributed by atoms with Crippen LogP contribution in [0.15, 0.2) is 35.5 Å². The maximum absolute atomic E-state index is 12.2. The molecule has 0 amide bonds. The zero-order valence-electron chi connectivity index (χ0n) is 10.3. The summed E-state index contributed by atoms with van der Waals surface area (Å²) < 4.78 is 29.2. The van der Waals surface area contributed by atoms with Gasteiger partial charge in [0.1, 0.15) is 4.90 Å². The summed E-state index contributed by atoms with van der Waals surface area (Å²) in [5.41, 5.74) is 5.72. The SMILES string of the molecule is NCCn1cc(S(=O)(=O)Nc2ccc(I)cc2Cl)cn1. The molecule has 6 nitrogen and oxygen atoms in total. The Morgan fingerprint density at radius 3 is 2.85 bits per heavy atom. The van der Waals surface area contributed by atoms with Crippen LogP contribution in [0.4, 0.5) is 5.69 Å². The summed E-state index contributed by atoms with van der Waals surface area (Å²) in [6, 6.07) is 5.06. The number of aromatic nitrogens is 2. The zero-order chi connectivity index (χ0) is 14.8. The second-order valence-corrected chi connectivity index (χ2v) is 7.29. The Kier molecular flexibility index (Phi) is 4.89. The number of rotatable bonds is 5. The Bertz CT molecular complexity index is 717. The molecule has 3 N–H and O–H groups in total. The predicted octanol–water partition coefficient (Wildman–Crippen LogP) is 1.90. The monoisotopic (exact) mass is 426 g/mol. The molecule has 20 heavy (non-hydrogen) atoms. The molecule has 0 radical (unpaired) electrons. The molecule has 0 bridgehead atoms. The van der Waals surface area contributed by atoms with Gasteiger partial charge in [0.25, 0.3) is 10.0 Å². The Morgan fingerprint density at radius 2 is 2.20 bits per heavy atom. The highest BCUT2D eigenvalue weighted by Gasteiger charge is 2.18. The number of sulfonamides is 1. The molecule has 1 aromatic carbocycles. The van der Waals surface area contributed by atoms with Crippen LogP contribution >= 0.6 is 34.2 Å². The van der Waals surface area contributed by atoms with Gasteiger partial charge in [0.15, 0.2) is 0 Å². The first kappa shape index (κ1) is 15.5. The third-order valence-electron chi connectivity index (χ3n) is 2.45. The predicted molar refractivity (Wildman–Crippen MR) is 86.3 cm³/mol. The van der Waals surface area contributed by atoms with Crippen LogP contribution in [0.25, 0.3) is 0 Å². The smallest absolute Gasteiger partial charge is 0.265 e. The quantitative estimate of drug-likeness (QED) is 0.715. The third kappa shape index (κ3) is 3.62. The maximum atomic E-state index is 12.2. The van der Waals surface area contributed by atoms with Crippen LogP contribution in [0, 0.1) is 3.57 Å². The van der Waals surface area contributed by atoms with E-state index in [0.29, 0.717) is 23.8 Å². The van der Waals surface area contributed by atoms with Crippen molar-refractivity contribution in [2.45, 2.75) is 11.4 Å². The summed E-state index contributed by atoms with van der Waals surface area (Å²) in [4.78, 5) is 0.0700. The molecule has 108 valence electrons. The number of benzene rings is 1. The van der Waals surface area contributed by atoms with E-state index in [9.17, 15) is 8.42 Å². The number of nitrogens with two attached hydrogens (primary N) is 1. The summed E-state index contributed by atoms with van der Waals surface area (Å²) >= 11 is 8.11. The van der Waals surface area contributed by atoms with Gasteiger partial charge in [-0.1, -0.05) is 11.6 Å². The molecular formula is C11H12ClIN4O2S. The topological polar surface area (TPSA) is 90.0 Å². The van der Waals surface area contributed by atoms with Crippen molar-refractivity contribution in [2.24, 2.45) is 5.73 Å². The van der Waals surface area contributed by atoms with Crippen molar-refractivity contribution >= 4 is 49.9 Å². The van der Waals surface area contributed by atoms with Gasteiger partial charge in [0.2, 0.25) is 0 Å². The molecule has 0 saturated carbocycles. The lowest BCUT2D eigenvalue weighted by atomic mass is 10.3. The second kappa shape index (κ2) is 6.29. The van der Waals surface area contributed by atoms with E-state index in [-0.39, 0.29) is 4.90 Å². The minimum absolute atomic E-state index is 0.0700. The minimum Gasteiger partial charge on any atom is -0.329 e. The van der Waals surface area contributed by atoms with Crippen LogP contribution in [0.3, 0.4) is 0 Å². The highest BCUT2D eigenvalue weighted by atomic mass is 127. The second-order valence-electron chi connectivity index (χ2n) is 3.96. The highest BCUT2D eigenvalue weighted by Crippen LogP contribution is 2.26. The molecule has 1 aromatic heterocycles. The molecule has 1 heterocycles. The van der Waals surface area contributed by atoms with E-state index < -0.39 is 10.0 Å². The highest BCUT2D eigenvalue weighted by molar-refractivity contribution is 14.1. The van der Waals surface area contributed by atoms with Gasteiger partial charge in [-0.25, -0.2) is 8.42 Å². The Labute approximate surface area is 135 Å². The third-order valence-corrected chi connectivity index (χ3v) is 4.76. The maximum Gasteiger partial charge on any atom is 0.265 e. The van der Waals surface area contributed by atoms with Crippen LogP contribution in [-0.4, -0.2) is 24.7 Å². The fourth-order valence-corrected chi connectivity index (χ4v) is 3.50. The van der Waals surface area contributed by atoms with Gasteiger partial charge in [0.05, 0.1) is 23.5 Å². The van der Waals surface area contributed by atoms with E-state index in [1.54, 1.807) is 18.2 Å². The van der Waals surface area contributed by atoms with E-state index in [4.69, 9.17) is 17.3 Å². The van der Waals surface area contributed by atoms with Crippen molar-refractivity contribution in [3.63, 3.8) is 0 Å². The number of hydrogen-bond acceptors (Lipinski definition) is 4. The first-order valence-corrected chi connectivity index (χ1v) is 8.57. The number of halogens is 2. The molecule has 0 saturated heterocycles. The number of nitrogens with zero attached hydrogens (tertiary/aromatic N) is 2. The molecule has 0 unspecified atom stereocenters. The molecule has 0 spiro atoms. The molecule has 0 aliphatic carbocycles. The number of anilines is 1. The van der Waals surface area contributed by atoms with Crippen molar-refractivity contribution in [3.8, 4) is 0 Å². The first-order chi connectivity index (χ1) is 9.42. The Balaban J connectivity index is 2.26. The summed E-state index contributed by atoms with van der Waals surface area (Å²) in [7, 11) is -3.71. The van der Waals surface area contributed by atoms with Crippen LogP contribution < -0.4 is 10.5 Å². The van der Waals surface area contributed by atoms with Crippen molar-refractivity contribution in [2.75, 3.05) is 11.3 Å². The fourth-order valence-electron chi connectivity index (χ4n) is 1.51. The largest absolute Gasteiger partial charge is 0.329 e. The molecule has 0 aliphatic heterocycles. The van der Waals surface area contributed by atoms with E-state index in [1.165, 1.54) is 17.1 Å². The number of nitrogens with one attached hydrogen (secondary N) is 1. The molecule has 0 fully saturated rings. The molecule has 9 heteroatoms. The molecule has 2 rings (SSSR count). The van der Waals surface area contributed by atoms with Crippen molar-refractivity contribution in [1.82, 2.24) is 9.78 Å². The Morgan fingerprint density at radius 1 is 1.45 bits per heavy atom. The van der Waals surface area contributed by atoms with Crippen LogP contribution in [0.1, 0.15) is 0 Å². The van der Waals surface area contributed by atoms with E-state index in [0.717, 1.165) is 3.57 Å². The van der Waals surface area contributed by atoms with Crippen LogP contribution in [-0.2, 0) is 16.6 Å². The van der Waals surface area contributed by atoms with Gasteiger partial charge < -0.3 is 5.73 Å². The number of hydrogen-bond donors (Lipinski definition) is 2. The van der Waals surface area contributed by atoms with E-state index in [2.05, 4.69) is 32.4 Å². The van der Waals surface area contributed by atoms with Gasteiger partial charge in [-0.3, -0.25) is 9.40 Å². The lowest BCUT2D eigenvalue weighted by molar-refractivity contribution is 0.599. The van der Waals surface area contributed by atoms with Gasteiger partial charge in [-0.2, -0.15) is 5.10 Å². The average molecular weight is 427 g/mol. The molecular weight excluding hydrogens is 415 g/mol. The standard InChI is InChI=1S/C11H12ClIN4O2S/c12-10-5-8(13)1-2-11(10)16-20(18,19)9-6-15-17(7-9)4-3-14/h1-2,5-7,16H,3-4,14H2. The lowest BCUT2D eigenvalue weighted by Gasteiger charge is -2.08.